The van der Waals surface area contributed by atoms with Gasteiger partial charge in [0, 0.05) is 27.8 Å². The van der Waals surface area contributed by atoms with Gasteiger partial charge in [-0.15, -0.1) is 21.5 Å². The molecule has 10 nitrogen and oxygen atoms in total. The Balaban J connectivity index is 1.34. The Hall–Kier alpha value is -3.83. The minimum absolute atomic E-state index is 0.0376. The fourth-order valence-electron chi connectivity index (χ4n) is 2.92. The Morgan fingerprint density at radius 2 is 1.94 bits per heavy atom. The van der Waals surface area contributed by atoms with E-state index >= 15 is 0 Å². The highest BCUT2D eigenvalue weighted by atomic mass is 35.5. The third kappa shape index (κ3) is 4.83. The monoisotopic (exact) mass is 486 g/mol. The minimum Gasteiger partial charge on any atom is -0.451 e. The Morgan fingerprint density at radius 3 is 2.64 bits per heavy atom. The molecular weight excluding hydrogens is 472 g/mol. The molecule has 0 spiro atoms. The summed E-state index contributed by atoms with van der Waals surface area (Å²) >= 11 is 7.51. The van der Waals surface area contributed by atoms with Crippen molar-refractivity contribution in [3.63, 3.8) is 0 Å². The number of nitrogens with zero attached hydrogens (tertiary/aromatic N) is 3. The number of hydrogen-bond donors (Lipinski definition) is 1. The van der Waals surface area contributed by atoms with E-state index in [-0.39, 0.29) is 24.0 Å². The van der Waals surface area contributed by atoms with Crippen LogP contribution in [0.15, 0.2) is 52.9 Å². The number of aromatic nitrogens is 2. The smallest absolute Gasteiger partial charge is 0.326 e. The van der Waals surface area contributed by atoms with E-state index in [2.05, 4.69) is 15.5 Å². The Morgan fingerprint density at radius 1 is 1.21 bits per heavy atom. The topological polar surface area (TPSA) is 137 Å². The minimum atomic E-state index is -0.874. The lowest BCUT2D eigenvalue weighted by Gasteiger charge is -2.10. The van der Waals surface area contributed by atoms with Gasteiger partial charge in [0.05, 0.1) is 9.95 Å². The van der Waals surface area contributed by atoms with E-state index in [1.54, 1.807) is 0 Å². The predicted molar refractivity (Wildman–Crippen MR) is 120 cm³/mol. The van der Waals surface area contributed by atoms with Crippen LogP contribution in [-0.4, -0.2) is 33.5 Å². The van der Waals surface area contributed by atoms with Crippen molar-refractivity contribution in [2.75, 3.05) is 6.54 Å². The number of nitrogens with one attached hydrogen (secondary N) is 1. The molecule has 0 saturated heterocycles. The molecule has 168 valence electrons. The molecule has 0 aliphatic rings. The van der Waals surface area contributed by atoms with Gasteiger partial charge in [0.15, 0.2) is 6.10 Å². The number of amides is 1. The fraction of sp³-hybridized carbons (Fsp3) is 0.143. The van der Waals surface area contributed by atoms with E-state index in [4.69, 9.17) is 20.8 Å². The lowest BCUT2D eigenvalue weighted by atomic mass is 10.2. The van der Waals surface area contributed by atoms with Gasteiger partial charge in [0.25, 0.3) is 17.5 Å². The molecule has 12 heteroatoms. The van der Waals surface area contributed by atoms with Crippen molar-refractivity contribution in [1.29, 1.82) is 0 Å². The highest BCUT2D eigenvalue weighted by Crippen LogP contribution is 2.35. The van der Waals surface area contributed by atoms with Crippen LogP contribution in [-0.2, 0) is 9.53 Å². The number of carbonyl (C=O) groups is 2. The van der Waals surface area contributed by atoms with Crippen molar-refractivity contribution in [3.05, 3.63) is 74.4 Å². The van der Waals surface area contributed by atoms with Crippen LogP contribution in [0.3, 0.4) is 0 Å². The molecule has 4 aromatic rings. The first-order valence-corrected chi connectivity index (χ1v) is 10.8. The number of esters is 1. The SMILES string of the molecule is CC(OC(=O)CNC(=O)c1sc2ccccc2c1Cl)c1nnc(-c2ccc([N+](=O)[O-])cc2)o1. The summed E-state index contributed by atoms with van der Waals surface area (Å²) in [6.07, 6.45) is -0.874. The first-order chi connectivity index (χ1) is 15.8. The molecule has 0 radical (unpaired) electrons. The molecule has 0 fully saturated rings. The number of ether oxygens (including phenoxy) is 1. The lowest BCUT2D eigenvalue weighted by molar-refractivity contribution is -0.384. The van der Waals surface area contributed by atoms with E-state index in [1.807, 2.05) is 24.3 Å². The average molecular weight is 487 g/mol. The van der Waals surface area contributed by atoms with E-state index in [1.165, 1.54) is 42.5 Å². The zero-order valence-electron chi connectivity index (χ0n) is 17.0. The van der Waals surface area contributed by atoms with Crippen molar-refractivity contribution in [2.45, 2.75) is 13.0 Å². The average Bonchev–Trinajstić information content (AvgIpc) is 3.43. The molecule has 0 aliphatic heterocycles. The first kappa shape index (κ1) is 22.4. The summed E-state index contributed by atoms with van der Waals surface area (Å²) in [5.41, 5.74) is 0.408. The molecule has 4 rings (SSSR count). The molecule has 0 bridgehead atoms. The highest BCUT2D eigenvalue weighted by Gasteiger charge is 2.21. The molecule has 2 aromatic heterocycles. The second kappa shape index (κ2) is 9.35. The second-order valence-electron chi connectivity index (χ2n) is 6.81. The number of benzene rings is 2. The van der Waals surface area contributed by atoms with E-state index < -0.39 is 22.9 Å². The number of non-ortho nitro benzene ring substituents is 1. The molecule has 1 N–H and O–H groups in total. The van der Waals surface area contributed by atoms with Crippen molar-refractivity contribution in [2.24, 2.45) is 0 Å². The van der Waals surface area contributed by atoms with Crippen molar-refractivity contribution < 1.29 is 23.7 Å². The number of carbonyl (C=O) groups excluding carboxylic acids is 2. The summed E-state index contributed by atoms with van der Waals surface area (Å²) in [7, 11) is 0. The van der Waals surface area contributed by atoms with E-state index in [9.17, 15) is 19.7 Å². The number of halogens is 1. The maximum atomic E-state index is 12.4. The van der Waals surface area contributed by atoms with Crippen LogP contribution >= 0.6 is 22.9 Å². The van der Waals surface area contributed by atoms with Gasteiger partial charge < -0.3 is 14.5 Å². The van der Waals surface area contributed by atoms with Crippen LogP contribution in [0.5, 0.6) is 0 Å². The van der Waals surface area contributed by atoms with Crippen LogP contribution in [0.25, 0.3) is 21.5 Å². The van der Waals surface area contributed by atoms with E-state index in [0.717, 1.165) is 10.1 Å². The predicted octanol–water partition coefficient (Wildman–Crippen LogP) is 4.55. The summed E-state index contributed by atoms with van der Waals surface area (Å²) in [6, 6.07) is 12.9. The standard InChI is InChI=1S/C21H15ClN4O6S/c1-11(20-24-25-21(32-20)12-6-8-13(9-7-12)26(29)30)31-16(27)10-23-19(28)18-17(22)14-4-2-3-5-15(14)33-18/h2-9,11H,10H2,1H3,(H,23,28). The molecule has 2 heterocycles. The molecule has 1 atom stereocenters. The number of rotatable bonds is 7. The quantitative estimate of drug-likeness (QED) is 0.228. The van der Waals surface area contributed by atoms with Gasteiger partial charge >= 0.3 is 5.97 Å². The largest absolute Gasteiger partial charge is 0.451 e. The number of nitro groups is 1. The van der Waals surface area contributed by atoms with Crippen molar-refractivity contribution >= 4 is 50.6 Å². The van der Waals surface area contributed by atoms with Crippen molar-refractivity contribution in [3.8, 4) is 11.5 Å². The van der Waals surface area contributed by atoms with Crippen LogP contribution in [0, 0.1) is 10.1 Å². The second-order valence-corrected chi connectivity index (χ2v) is 8.24. The Bertz CT molecular complexity index is 1350. The fourth-order valence-corrected chi connectivity index (χ4v) is 4.36. The Labute approximate surface area is 195 Å². The van der Waals surface area contributed by atoms with Gasteiger partial charge in [0.2, 0.25) is 5.89 Å². The summed E-state index contributed by atoms with van der Waals surface area (Å²) in [4.78, 5) is 35.2. The summed E-state index contributed by atoms with van der Waals surface area (Å²) in [6.45, 7) is 1.16. The molecule has 0 saturated carbocycles. The molecular formula is C21H15ClN4O6S. The van der Waals surface area contributed by atoms with Gasteiger partial charge in [-0.1, -0.05) is 29.8 Å². The number of hydrogen-bond acceptors (Lipinski definition) is 9. The third-order valence-corrected chi connectivity index (χ3v) is 6.23. The maximum Gasteiger partial charge on any atom is 0.326 e. The highest BCUT2D eigenvalue weighted by molar-refractivity contribution is 7.21. The Kier molecular flexibility index (Phi) is 6.33. The van der Waals surface area contributed by atoms with Gasteiger partial charge in [-0.3, -0.25) is 19.7 Å². The number of nitro benzene ring substituents is 1. The summed E-state index contributed by atoms with van der Waals surface area (Å²) in [5, 5.41) is 22.1. The van der Waals surface area contributed by atoms with Crippen LogP contribution in [0.4, 0.5) is 5.69 Å². The van der Waals surface area contributed by atoms with Gasteiger partial charge in [-0.2, -0.15) is 0 Å². The van der Waals surface area contributed by atoms with Crippen LogP contribution in [0.1, 0.15) is 28.6 Å². The number of thiophene rings is 1. The van der Waals surface area contributed by atoms with Crippen LogP contribution < -0.4 is 5.32 Å². The zero-order chi connectivity index (χ0) is 23.5. The van der Waals surface area contributed by atoms with Gasteiger partial charge in [-0.25, -0.2) is 0 Å². The zero-order valence-corrected chi connectivity index (χ0v) is 18.6. The first-order valence-electron chi connectivity index (χ1n) is 9.56. The molecule has 0 aliphatic carbocycles. The normalized spacial score (nSPS) is 11.8. The van der Waals surface area contributed by atoms with Gasteiger partial charge in [0.1, 0.15) is 11.4 Å². The van der Waals surface area contributed by atoms with Crippen LogP contribution in [0.2, 0.25) is 5.02 Å². The number of fused-ring (bicyclic) bond motifs is 1. The summed E-state index contributed by atoms with van der Waals surface area (Å²) < 4.78 is 11.6. The van der Waals surface area contributed by atoms with Crippen molar-refractivity contribution in [1.82, 2.24) is 15.5 Å². The maximum absolute atomic E-state index is 12.4. The summed E-state index contributed by atoms with van der Waals surface area (Å²) in [5.74, 6) is -1.03. The molecule has 1 amide bonds. The molecule has 33 heavy (non-hydrogen) atoms. The van der Waals surface area contributed by atoms with Gasteiger partial charge in [-0.05, 0) is 25.1 Å². The molecule has 2 aromatic carbocycles. The van der Waals surface area contributed by atoms with E-state index in [0.29, 0.717) is 15.5 Å². The third-order valence-electron chi connectivity index (χ3n) is 4.56. The lowest BCUT2D eigenvalue weighted by Crippen LogP contribution is -2.30. The molecule has 1 unspecified atom stereocenters.